The second-order valence-electron chi connectivity index (χ2n) is 3.57. The van der Waals surface area contributed by atoms with E-state index in [1.54, 1.807) is 12.1 Å². The van der Waals surface area contributed by atoms with E-state index in [0.717, 1.165) is 22.3 Å². The van der Waals surface area contributed by atoms with Gasteiger partial charge in [0, 0.05) is 12.1 Å². The summed E-state index contributed by atoms with van der Waals surface area (Å²) in [7, 11) is 0. The summed E-state index contributed by atoms with van der Waals surface area (Å²) in [5, 5.41) is 10.6. The lowest BCUT2D eigenvalue weighted by atomic mass is 10.1. The smallest absolute Gasteiger partial charge is 0.258 e. The number of nitro groups is 1. The molecule has 0 aromatic heterocycles. The molecule has 0 saturated carbocycles. The van der Waals surface area contributed by atoms with Gasteiger partial charge in [-0.25, -0.2) is 0 Å². The average Bonchev–Trinajstić information content (AvgIpc) is 2.51. The van der Waals surface area contributed by atoms with E-state index in [9.17, 15) is 10.1 Å². The third-order valence-corrected chi connectivity index (χ3v) is 2.70. The maximum atomic E-state index is 10.6. The number of hydrogen-bond acceptors (Lipinski definition) is 2. The number of fused-ring (bicyclic) bond motifs is 5. The van der Waals surface area contributed by atoms with Gasteiger partial charge in [-0.05, 0) is 34.4 Å². The molecule has 1 aliphatic rings. The van der Waals surface area contributed by atoms with Gasteiger partial charge in [0.1, 0.15) is 0 Å². The van der Waals surface area contributed by atoms with Gasteiger partial charge >= 0.3 is 0 Å². The molecule has 72 valence electrons. The van der Waals surface area contributed by atoms with Crippen LogP contribution in [0.3, 0.4) is 0 Å². The Morgan fingerprint density at radius 1 is 0.933 bits per heavy atom. The van der Waals surface area contributed by atoms with Crippen molar-refractivity contribution in [1.82, 2.24) is 0 Å². The lowest BCUT2D eigenvalue weighted by Crippen LogP contribution is -1.87. The van der Waals surface area contributed by atoms with E-state index >= 15 is 0 Å². The van der Waals surface area contributed by atoms with Gasteiger partial charge in [0.05, 0.1) is 4.92 Å². The molecule has 0 atom stereocenters. The molecule has 0 heterocycles. The van der Waals surface area contributed by atoms with Gasteiger partial charge in [0.25, 0.3) is 5.69 Å². The number of rotatable bonds is 1. The minimum Gasteiger partial charge on any atom is -0.258 e. The molecule has 3 heteroatoms. The van der Waals surface area contributed by atoms with Crippen LogP contribution in [-0.2, 0) is 0 Å². The second kappa shape index (κ2) is 2.67. The van der Waals surface area contributed by atoms with Gasteiger partial charge in [-0.1, -0.05) is 18.2 Å². The van der Waals surface area contributed by atoms with Crippen molar-refractivity contribution >= 4 is 5.69 Å². The van der Waals surface area contributed by atoms with Crippen LogP contribution >= 0.6 is 0 Å². The van der Waals surface area contributed by atoms with Gasteiger partial charge in [-0.15, -0.1) is 0 Å². The highest BCUT2D eigenvalue weighted by molar-refractivity contribution is 5.92. The Balaban J connectivity index is 2.28. The Morgan fingerprint density at radius 2 is 1.67 bits per heavy atom. The summed E-state index contributed by atoms with van der Waals surface area (Å²) in [6, 6.07) is 13.0. The quantitative estimate of drug-likeness (QED) is 0.444. The van der Waals surface area contributed by atoms with Crippen molar-refractivity contribution in [3.63, 3.8) is 0 Å². The van der Waals surface area contributed by atoms with Crippen LogP contribution in [0.25, 0.3) is 22.3 Å². The molecule has 0 saturated heterocycles. The Kier molecular flexibility index (Phi) is 1.45. The van der Waals surface area contributed by atoms with E-state index in [4.69, 9.17) is 0 Å². The minimum atomic E-state index is -0.360. The van der Waals surface area contributed by atoms with Crippen LogP contribution in [0, 0.1) is 10.1 Å². The van der Waals surface area contributed by atoms with Gasteiger partial charge in [-0.3, -0.25) is 10.1 Å². The average molecular weight is 197 g/mol. The zero-order chi connectivity index (χ0) is 10.4. The Bertz CT molecular complexity index is 576. The van der Waals surface area contributed by atoms with Crippen molar-refractivity contribution in [3.05, 3.63) is 52.6 Å². The van der Waals surface area contributed by atoms with Crippen molar-refractivity contribution in [2.24, 2.45) is 0 Å². The number of nitrogens with zero attached hydrogens (tertiary/aromatic N) is 1. The Labute approximate surface area is 86.1 Å². The predicted molar refractivity (Wildman–Crippen MR) is 57.5 cm³/mol. The molecule has 3 rings (SSSR count). The molecule has 2 aromatic rings. The monoisotopic (exact) mass is 197 g/mol. The summed E-state index contributed by atoms with van der Waals surface area (Å²) >= 11 is 0. The molecule has 0 spiro atoms. The first-order chi connectivity index (χ1) is 7.25. The molecule has 0 amide bonds. The van der Waals surface area contributed by atoms with Crippen LogP contribution in [-0.4, -0.2) is 4.92 Å². The summed E-state index contributed by atoms with van der Waals surface area (Å²) in [5.74, 6) is 0. The lowest BCUT2D eigenvalue weighted by molar-refractivity contribution is -0.384. The van der Waals surface area contributed by atoms with Crippen LogP contribution < -0.4 is 0 Å². The van der Waals surface area contributed by atoms with E-state index in [1.165, 1.54) is 0 Å². The lowest BCUT2D eigenvalue weighted by Gasteiger charge is -1.99. The Morgan fingerprint density at radius 3 is 2.40 bits per heavy atom. The first-order valence-corrected chi connectivity index (χ1v) is 4.65. The van der Waals surface area contributed by atoms with Crippen molar-refractivity contribution in [3.8, 4) is 22.3 Å². The van der Waals surface area contributed by atoms with E-state index in [1.807, 2.05) is 30.3 Å². The van der Waals surface area contributed by atoms with Crippen molar-refractivity contribution in [2.75, 3.05) is 0 Å². The van der Waals surface area contributed by atoms with E-state index in [-0.39, 0.29) is 10.6 Å². The van der Waals surface area contributed by atoms with Gasteiger partial charge in [-0.2, -0.15) is 0 Å². The summed E-state index contributed by atoms with van der Waals surface area (Å²) in [4.78, 5) is 10.3. The standard InChI is InChI=1S/C12H7NO2/c14-13(15)10-4-5-11-8-2-1-3-9(6-8)12(11)7-10/h1-7H. The van der Waals surface area contributed by atoms with Crippen LogP contribution in [0.5, 0.6) is 0 Å². The largest absolute Gasteiger partial charge is 0.270 e. The summed E-state index contributed by atoms with van der Waals surface area (Å²) in [6.45, 7) is 0. The summed E-state index contributed by atoms with van der Waals surface area (Å²) < 4.78 is 0. The Hall–Kier alpha value is -2.16. The van der Waals surface area contributed by atoms with Crippen molar-refractivity contribution in [2.45, 2.75) is 0 Å². The van der Waals surface area contributed by atoms with Crippen molar-refractivity contribution in [1.29, 1.82) is 0 Å². The highest BCUT2D eigenvalue weighted by Crippen LogP contribution is 2.41. The fourth-order valence-corrected chi connectivity index (χ4v) is 1.99. The van der Waals surface area contributed by atoms with E-state index < -0.39 is 0 Å². The molecule has 2 bridgehead atoms. The molecule has 2 aromatic carbocycles. The molecule has 0 aliphatic heterocycles. The third kappa shape index (κ3) is 1.06. The fourth-order valence-electron chi connectivity index (χ4n) is 1.99. The van der Waals surface area contributed by atoms with E-state index in [0.29, 0.717) is 0 Å². The molecule has 0 N–H and O–H groups in total. The highest BCUT2D eigenvalue weighted by Gasteiger charge is 2.18. The topological polar surface area (TPSA) is 43.1 Å². The predicted octanol–water partition coefficient (Wildman–Crippen LogP) is 3.24. The number of nitro benzene ring substituents is 1. The molecule has 0 unspecified atom stereocenters. The third-order valence-electron chi connectivity index (χ3n) is 2.70. The fraction of sp³-hybridized carbons (Fsp3) is 0. The molecule has 3 nitrogen and oxygen atoms in total. The number of non-ortho nitro benzene ring substituents is 1. The summed E-state index contributed by atoms with van der Waals surface area (Å²) in [5.41, 5.74) is 4.39. The van der Waals surface area contributed by atoms with Crippen molar-refractivity contribution < 1.29 is 4.92 Å². The first-order valence-electron chi connectivity index (χ1n) is 4.65. The van der Waals surface area contributed by atoms with Crippen LogP contribution in [0.1, 0.15) is 0 Å². The van der Waals surface area contributed by atoms with Gasteiger partial charge < -0.3 is 0 Å². The van der Waals surface area contributed by atoms with Gasteiger partial charge in [0.15, 0.2) is 0 Å². The zero-order valence-corrected chi connectivity index (χ0v) is 7.81. The summed E-state index contributed by atoms with van der Waals surface area (Å²) in [6.07, 6.45) is 0. The number of benzene rings is 2. The minimum absolute atomic E-state index is 0.149. The van der Waals surface area contributed by atoms with E-state index in [2.05, 4.69) is 0 Å². The first kappa shape index (κ1) is 8.17. The molecule has 15 heavy (non-hydrogen) atoms. The normalized spacial score (nSPS) is 11.2. The number of hydrogen-bond donors (Lipinski definition) is 0. The molecule has 0 fully saturated rings. The van der Waals surface area contributed by atoms with Crippen LogP contribution in [0.15, 0.2) is 42.5 Å². The maximum Gasteiger partial charge on any atom is 0.270 e. The second-order valence-corrected chi connectivity index (χ2v) is 3.57. The van der Waals surface area contributed by atoms with Crippen LogP contribution in [0.2, 0.25) is 0 Å². The van der Waals surface area contributed by atoms with Gasteiger partial charge in [0.2, 0.25) is 0 Å². The highest BCUT2D eigenvalue weighted by atomic mass is 16.6. The maximum absolute atomic E-state index is 10.6. The SMILES string of the molecule is O=[N+]([O-])c1ccc2c(c1)-c1cccc-2c1. The molecule has 1 aliphatic carbocycles. The van der Waals surface area contributed by atoms with Crippen LogP contribution in [0.4, 0.5) is 5.69 Å². The molecular formula is C12H7NO2. The molecular weight excluding hydrogens is 190 g/mol. The zero-order valence-electron chi connectivity index (χ0n) is 7.81. The molecule has 0 radical (unpaired) electrons.